The van der Waals surface area contributed by atoms with E-state index in [-0.39, 0.29) is 104 Å². The number of hydrogen-bond acceptors (Lipinski definition) is 15. The highest BCUT2D eigenvalue weighted by molar-refractivity contribution is 5.87. The maximum atomic E-state index is 14.8. The van der Waals surface area contributed by atoms with E-state index in [1.54, 1.807) is 24.3 Å². The molecule has 0 saturated heterocycles. The molecular formula is C82H140N14O11. The van der Waals surface area contributed by atoms with Crippen LogP contribution in [0.3, 0.4) is 0 Å². The van der Waals surface area contributed by atoms with Crippen LogP contribution in [0.25, 0.3) is 0 Å². The van der Waals surface area contributed by atoms with Gasteiger partial charge in [0.05, 0.1) is 17.8 Å². The summed E-state index contributed by atoms with van der Waals surface area (Å²) in [6.45, 7) is 1.43. The number of hydrogen-bond donors (Lipinski definition) is 15. The number of carbonyl (C=O) groups excluding carboxylic acids is 10. The fourth-order valence-corrected chi connectivity index (χ4v) is 18.4. The number of nitrogens with two attached hydrogens (primary N) is 5. The van der Waals surface area contributed by atoms with E-state index in [1.807, 2.05) is 0 Å². The van der Waals surface area contributed by atoms with Crippen molar-refractivity contribution < 1.29 is 53.1 Å². The minimum atomic E-state index is -0.546. The van der Waals surface area contributed by atoms with E-state index in [4.69, 9.17) is 28.7 Å². The first-order valence-electron chi connectivity index (χ1n) is 42.3. The quantitative estimate of drug-likeness (QED) is 0.0278. The fraction of sp³-hybridized carbons (Fsp3) is 0.805. The lowest BCUT2D eigenvalue weighted by molar-refractivity contribution is -0.133. The highest BCUT2D eigenvalue weighted by atomic mass is 16.3. The van der Waals surface area contributed by atoms with E-state index in [0.29, 0.717) is 140 Å². The molecule has 6 aliphatic rings. The Morgan fingerprint density at radius 2 is 0.654 bits per heavy atom. The third-order valence-electron chi connectivity index (χ3n) is 24.0. The molecule has 7 rings (SSSR count). The summed E-state index contributed by atoms with van der Waals surface area (Å²) >= 11 is 0. The predicted octanol–water partition coefficient (Wildman–Crippen LogP) is 7.71. The van der Waals surface area contributed by atoms with Crippen molar-refractivity contribution in [1.82, 2.24) is 47.9 Å². The van der Waals surface area contributed by atoms with Crippen LogP contribution in [0.5, 0.6) is 5.75 Å². The predicted molar refractivity (Wildman–Crippen MR) is 417 cm³/mol. The number of phenolic OH excluding ortho intramolecular Hbond substituents is 1. The van der Waals surface area contributed by atoms with Gasteiger partial charge in [-0.05, 0) is 158 Å². The van der Waals surface area contributed by atoms with Gasteiger partial charge in [-0.3, -0.25) is 47.9 Å². The molecule has 6 saturated carbocycles. The zero-order valence-electron chi connectivity index (χ0n) is 64.8. The van der Waals surface area contributed by atoms with Crippen LogP contribution >= 0.6 is 0 Å². The molecule has 0 unspecified atom stereocenters. The van der Waals surface area contributed by atoms with Crippen LogP contribution < -0.4 is 76.5 Å². The molecule has 6 aliphatic carbocycles. The Morgan fingerprint density at radius 3 is 1.05 bits per heavy atom. The van der Waals surface area contributed by atoms with E-state index < -0.39 is 84.1 Å². The summed E-state index contributed by atoms with van der Waals surface area (Å²) in [7, 11) is 0. The smallest absolute Gasteiger partial charge is 0.225 e. The zero-order valence-corrected chi connectivity index (χ0v) is 64.8. The van der Waals surface area contributed by atoms with Gasteiger partial charge in [0.15, 0.2) is 0 Å². The van der Waals surface area contributed by atoms with Crippen molar-refractivity contribution >= 4 is 59.1 Å². The van der Waals surface area contributed by atoms with Crippen molar-refractivity contribution in [2.24, 2.45) is 64.2 Å². The summed E-state index contributed by atoms with van der Waals surface area (Å²) in [5.74, 6) is -3.08. The van der Waals surface area contributed by atoms with Crippen molar-refractivity contribution in [2.45, 2.75) is 362 Å². The van der Waals surface area contributed by atoms with Crippen LogP contribution in [0.15, 0.2) is 24.3 Å². The molecule has 0 bridgehead atoms. The van der Waals surface area contributed by atoms with E-state index in [0.717, 1.165) is 153 Å². The average molecular weight is 1500 g/mol. The lowest BCUT2D eigenvalue weighted by Crippen LogP contribution is -2.55. The fourth-order valence-electron chi connectivity index (χ4n) is 18.4. The van der Waals surface area contributed by atoms with Crippen LogP contribution in [0, 0.1) is 35.5 Å². The van der Waals surface area contributed by atoms with Crippen molar-refractivity contribution in [3.63, 3.8) is 0 Å². The Morgan fingerprint density at radius 1 is 0.346 bits per heavy atom. The average Bonchev–Trinajstić information content (AvgIpc) is 0.828. The Labute approximate surface area is 638 Å². The van der Waals surface area contributed by atoms with E-state index >= 15 is 0 Å². The van der Waals surface area contributed by atoms with Gasteiger partial charge in [-0.1, -0.05) is 166 Å². The van der Waals surface area contributed by atoms with Crippen LogP contribution in [0.1, 0.15) is 301 Å². The van der Waals surface area contributed by atoms with E-state index in [9.17, 15) is 53.1 Å². The Kier molecular flexibility index (Phi) is 40.2. The van der Waals surface area contributed by atoms with Crippen LogP contribution in [-0.4, -0.2) is 144 Å². The first kappa shape index (κ1) is 87.8. The molecule has 20 N–H and O–H groups in total. The van der Waals surface area contributed by atoms with Gasteiger partial charge >= 0.3 is 0 Å². The zero-order chi connectivity index (χ0) is 76.7. The Balaban J connectivity index is 0.950. The third kappa shape index (κ3) is 33.8. The Bertz CT molecular complexity index is 2870. The summed E-state index contributed by atoms with van der Waals surface area (Å²) < 4.78 is 0. The number of aromatic hydroxyl groups is 1. The second-order valence-electron chi connectivity index (χ2n) is 33.2. The van der Waals surface area contributed by atoms with Crippen LogP contribution in [-0.2, 0) is 54.4 Å². The van der Waals surface area contributed by atoms with Crippen LogP contribution in [0.4, 0.5) is 0 Å². The lowest BCUT2D eigenvalue weighted by atomic mass is 9.80. The molecule has 1 aromatic rings. The molecule has 25 nitrogen and oxygen atoms in total. The maximum absolute atomic E-state index is 14.8. The summed E-state index contributed by atoms with van der Waals surface area (Å²) in [6.07, 6.45) is 32.9. The van der Waals surface area contributed by atoms with Crippen molar-refractivity contribution in [3.05, 3.63) is 29.8 Å². The number of carbonyl (C=O) groups is 10. The molecule has 0 spiro atoms. The Hall–Kier alpha value is -6.44. The number of phenols is 1. The molecule has 6 fully saturated rings. The molecule has 10 amide bonds. The summed E-state index contributed by atoms with van der Waals surface area (Å²) in [6, 6.07) is 2.04. The number of unbranched alkanes of at least 4 members (excludes halogenated alkanes) is 3. The highest BCUT2D eigenvalue weighted by Crippen LogP contribution is 2.34. The number of primary amides is 1. The molecule has 0 aromatic heterocycles. The second kappa shape index (κ2) is 49.0. The van der Waals surface area contributed by atoms with Crippen molar-refractivity contribution in [1.29, 1.82) is 0 Å². The summed E-state index contributed by atoms with van der Waals surface area (Å²) in [5, 5.41) is 38.6. The number of nitrogens with one attached hydrogen (secondary N) is 9. The molecular weight excluding hydrogens is 1360 g/mol. The second-order valence-corrected chi connectivity index (χ2v) is 33.2. The monoisotopic (exact) mass is 1500 g/mol. The molecule has 107 heavy (non-hydrogen) atoms. The van der Waals surface area contributed by atoms with Gasteiger partial charge < -0.3 is 81.6 Å². The van der Waals surface area contributed by atoms with E-state index in [1.165, 1.54) is 6.42 Å². The molecule has 25 heteroatoms. The van der Waals surface area contributed by atoms with Gasteiger partial charge in [0.25, 0.3) is 0 Å². The number of amides is 10. The third-order valence-corrected chi connectivity index (χ3v) is 24.0. The van der Waals surface area contributed by atoms with Gasteiger partial charge in [0, 0.05) is 105 Å². The van der Waals surface area contributed by atoms with Gasteiger partial charge in [-0.25, -0.2) is 0 Å². The topological polar surface area (TPSA) is 429 Å². The molecule has 1 aromatic carbocycles. The number of rotatable bonds is 46. The molecule has 604 valence electrons. The largest absolute Gasteiger partial charge is 0.508 e. The minimum absolute atomic E-state index is 0.00596. The first-order chi connectivity index (χ1) is 51.7. The normalized spacial score (nSPS) is 23.1. The van der Waals surface area contributed by atoms with Crippen LogP contribution in [0.2, 0.25) is 0 Å². The van der Waals surface area contributed by atoms with Gasteiger partial charge in [0.2, 0.25) is 59.1 Å². The van der Waals surface area contributed by atoms with Gasteiger partial charge in [-0.2, -0.15) is 0 Å². The van der Waals surface area contributed by atoms with Crippen molar-refractivity contribution in [2.75, 3.05) is 19.6 Å². The molecule has 13 atom stereocenters. The summed E-state index contributed by atoms with van der Waals surface area (Å²) in [5.41, 5.74) is 30.4. The minimum Gasteiger partial charge on any atom is -0.508 e. The first-order valence-corrected chi connectivity index (χ1v) is 42.3. The van der Waals surface area contributed by atoms with Gasteiger partial charge in [0.1, 0.15) is 5.75 Å². The SMILES string of the molecule is NCCCC[C@@H](CC(N)=O)NC(=O)C[C@H](CC1CCCCC1)NC(=O)[C@H]1CCCC[C@@H]1NC(=O)[C@H]1CCCC[C@@H]1NC(=O)C[C@H](CCCCN)NC(=O)C[C@H](CC1CCCCC1)NC(=O)[C@H]1CCCC[C@@H]1NC(=O)C[C@H](CC1CCCCC1)NC(=O)C[C@H](CCCCN)NC(=O)C[C@@H](N)Cc1ccc(O)cc1. The van der Waals surface area contributed by atoms with Crippen molar-refractivity contribution in [3.8, 4) is 5.75 Å². The summed E-state index contributed by atoms with van der Waals surface area (Å²) in [4.78, 5) is 140. The maximum Gasteiger partial charge on any atom is 0.225 e. The molecule has 0 aliphatic heterocycles. The number of benzene rings is 1. The van der Waals surface area contributed by atoms with E-state index in [2.05, 4.69) is 47.9 Å². The molecule has 0 radical (unpaired) electrons. The standard InChI is InChI=1S/C82H140N14O11/c83-41-19-16-28-60(49-73(87)98)88-76(101)53-64(46-56-24-6-2-7-25-56)93-81(106)69-33-12-15-36-72(69)96-82(107)68-32-11-14-35-71(68)94-78(103)51-62(30-18-21-43-85)90-77(102)54-65(47-57-26-8-3-9-27-57)92-80(105)67-31-10-13-34-70(67)95-79(104)52-63(45-55-22-4-1-5-23-55)91-75(100)50-61(29-17-20-42-84)89-74(99)48-59(86)44-58-37-39-66(97)40-38-58/h37-40,55-57,59-65,67-72,97H,1-36,41-54,83-86H2,(H2,87,98)(H,88,101)(H,89,99)(H,90,102)(H,91,100)(H,92,105)(H,93,106)(H,94,103)(H,95,104)(H,96,107)/t59-,60-,61-,62-,63-,64-,65-,67-,68-,69-,70-,71-,72-/m0/s1. The molecule has 0 heterocycles. The highest BCUT2D eigenvalue weighted by Gasteiger charge is 2.40. The lowest BCUT2D eigenvalue weighted by Gasteiger charge is -2.36. The van der Waals surface area contributed by atoms with Gasteiger partial charge in [-0.15, -0.1) is 0 Å².